The summed E-state index contributed by atoms with van der Waals surface area (Å²) in [6.45, 7) is 4.42. The first-order valence-corrected chi connectivity index (χ1v) is 4.78. The number of allylic oxidation sites excluding steroid dienone is 1. The van der Waals surface area contributed by atoms with Gasteiger partial charge in [-0.15, -0.1) is 0 Å². The Bertz CT molecular complexity index is 199. The highest BCUT2D eigenvalue weighted by atomic mass is 16.6. The number of hydrogen-bond acceptors (Lipinski definition) is 3. The van der Waals surface area contributed by atoms with Crippen molar-refractivity contribution >= 4 is 0 Å². The minimum absolute atomic E-state index is 1.11. The Balaban J connectivity index is 2.55. The largest absolute Gasteiger partial charge is 0.370 e. The maximum atomic E-state index is 4.78. The molecule has 1 rings (SSSR count). The molecule has 13 heavy (non-hydrogen) atoms. The summed E-state index contributed by atoms with van der Waals surface area (Å²) < 4.78 is 0. The van der Waals surface area contributed by atoms with Crippen LogP contribution in [0.5, 0.6) is 0 Å². The second-order valence-corrected chi connectivity index (χ2v) is 3.07. The molecule has 1 heterocycles. The summed E-state index contributed by atoms with van der Waals surface area (Å²) in [6, 6.07) is 0. The van der Waals surface area contributed by atoms with Gasteiger partial charge in [0.15, 0.2) is 0 Å². The molecule has 0 fully saturated rings. The number of hydrogen-bond donors (Lipinski definition) is 1. The first kappa shape index (κ1) is 10.1. The quantitative estimate of drug-likeness (QED) is 0.669. The summed E-state index contributed by atoms with van der Waals surface area (Å²) in [5.41, 5.74) is 3.96. The topological polar surface area (TPSA) is 24.5 Å². The minimum atomic E-state index is 1.11. The van der Waals surface area contributed by atoms with Crippen LogP contribution in [0.2, 0.25) is 0 Å². The summed E-state index contributed by atoms with van der Waals surface area (Å²) in [6.07, 6.45) is 8.54. The van der Waals surface area contributed by atoms with Gasteiger partial charge in [-0.1, -0.05) is 13.0 Å². The van der Waals surface area contributed by atoms with Gasteiger partial charge in [0.05, 0.1) is 12.8 Å². The number of nitrogens with zero attached hydrogens (tertiary/aromatic N) is 1. The molecule has 0 amide bonds. The predicted octanol–water partition coefficient (Wildman–Crippen LogP) is 1.65. The van der Waals surface area contributed by atoms with Gasteiger partial charge in [0.25, 0.3) is 0 Å². The maximum absolute atomic E-state index is 4.78. The van der Waals surface area contributed by atoms with Crippen LogP contribution in [0.4, 0.5) is 0 Å². The molecule has 0 aromatic heterocycles. The molecule has 0 atom stereocenters. The monoisotopic (exact) mass is 182 g/mol. The zero-order chi connectivity index (χ0) is 9.52. The smallest absolute Gasteiger partial charge is 0.0636 e. The fourth-order valence-corrected chi connectivity index (χ4v) is 1.44. The van der Waals surface area contributed by atoms with Crippen LogP contribution < -0.4 is 5.48 Å². The second-order valence-electron chi connectivity index (χ2n) is 3.07. The second kappa shape index (κ2) is 5.65. The van der Waals surface area contributed by atoms with Gasteiger partial charge in [0, 0.05) is 19.3 Å². The molecule has 1 aliphatic heterocycles. The molecule has 1 N–H and O–H groups in total. The van der Waals surface area contributed by atoms with Crippen molar-refractivity contribution in [2.45, 2.75) is 19.8 Å². The molecule has 0 saturated heterocycles. The SMILES string of the molecule is CCCN1CCC=CC1=CNOC. The fourth-order valence-electron chi connectivity index (χ4n) is 1.44. The lowest BCUT2D eigenvalue weighted by Gasteiger charge is -2.27. The summed E-state index contributed by atoms with van der Waals surface area (Å²) in [4.78, 5) is 7.14. The van der Waals surface area contributed by atoms with Crippen LogP contribution in [0, 0.1) is 0 Å². The third-order valence-corrected chi connectivity index (χ3v) is 2.04. The number of nitrogens with one attached hydrogen (secondary N) is 1. The molecule has 0 unspecified atom stereocenters. The van der Waals surface area contributed by atoms with Gasteiger partial charge in [-0.2, -0.15) is 0 Å². The van der Waals surface area contributed by atoms with E-state index < -0.39 is 0 Å². The third kappa shape index (κ3) is 3.11. The molecule has 74 valence electrons. The van der Waals surface area contributed by atoms with Crippen LogP contribution in [0.25, 0.3) is 0 Å². The third-order valence-electron chi connectivity index (χ3n) is 2.04. The van der Waals surface area contributed by atoms with Crippen LogP contribution >= 0.6 is 0 Å². The van der Waals surface area contributed by atoms with Crippen molar-refractivity contribution in [1.82, 2.24) is 10.4 Å². The van der Waals surface area contributed by atoms with Gasteiger partial charge in [0.2, 0.25) is 0 Å². The predicted molar refractivity (Wildman–Crippen MR) is 53.8 cm³/mol. The van der Waals surface area contributed by atoms with Gasteiger partial charge in [-0.25, -0.2) is 0 Å². The van der Waals surface area contributed by atoms with Crippen molar-refractivity contribution < 1.29 is 4.84 Å². The Kier molecular flexibility index (Phi) is 4.40. The van der Waals surface area contributed by atoms with E-state index in [0.717, 1.165) is 19.5 Å². The molecule has 0 aromatic rings. The van der Waals surface area contributed by atoms with E-state index >= 15 is 0 Å². The highest BCUT2D eigenvalue weighted by molar-refractivity contribution is 5.19. The van der Waals surface area contributed by atoms with E-state index in [-0.39, 0.29) is 0 Å². The van der Waals surface area contributed by atoms with Gasteiger partial charge >= 0.3 is 0 Å². The van der Waals surface area contributed by atoms with Crippen molar-refractivity contribution in [2.24, 2.45) is 0 Å². The van der Waals surface area contributed by atoms with E-state index in [1.165, 1.54) is 12.1 Å². The zero-order valence-corrected chi connectivity index (χ0v) is 8.42. The van der Waals surface area contributed by atoms with Crippen LogP contribution in [-0.4, -0.2) is 25.1 Å². The normalized spacial score (nSPS) is 19.5. The molecule has 0 aromatic carbocycles. The van der Waals surface area contributed by atoms with E-state index in [2.05, 4.69) is 29.5 Å². The fraction of sp³-hybridized carbons (Fsp3) is 0.600. The van der Waals surface area contributed by atoms with Crippen LogP contribution in [0.1, 0.15) is 19.8 Å². The first-order valence-electron chi connectivity index (χ1n) is 4.78. The molecule has 1 aliphatic rings. The molecule has 3 nitrogen and oxygen atoms in total. The average Bonchev–Trinajstić information content (AvgIpc) is 2.17. The Morgan fingerprint density at radius 3 is 3.23 bits per heavy atom. The van der Waals surface area contributed by atoms with Crippen LogP contribution in [0.3, 0.4) is 0 Å². The van der Waals surface area contributed by atoms with Crippen molar-refractivity contribution in [3.8, 4) is 0 Å². The minimum Gasteiger partial charge on any atom is -0.370 e. The zero-order valence-electron chi connectivity index (χ0n) is 8.42. The van der Waals surface area contributed by atoms with Crippen molar-refractivity contribution in [1.29, 1.82) is 0 Å². The Hall–Kier alpha value is -0.960. The van der Waals surface area contributed by atoms with E-state index in [4.69, 9.17) is 4.84 Å². The van der Waals surface area contributed by atoms with E-state index in [1.54, 1.807) is 7.11 Å². The van der Waals surface area contributed by atoms with Crippen molar-refractivity contribution in [2.75, 3.05) is 20.2 Å². The standard InChI is InChI=1S/C10H18N2O/c1-3-7-12-8-5-4-6-10(12)9-11-13-2/h4,6,9,11H,3,5,7-8H2,1-2H3. The Morgan fingerprint density at radius 1 is 1.69 bits per heavy atom. The molecular formula is C10H18N2O. The first-order chi connectivity index (χ1) is 6.38. The van der Waals surface area contributed by atoms with E-state index in [0.29, 0.717) is 0 Å². The van der Waals surface area contributed by atoms with Gasteiger partial charge in [-0.3, -0.25) is 10.3 Å². The number of hydroxylamine groups is 1. The molecular weight excluding hydrogens is 164 g/mol. The maximum Gasteiger partial charge on any atom is 0.0636 e. The Labute approximate surface area is 80.0 Å². The highest BCUT2D eigenvalue weighted by Crippen LogP contribution is 2.12. The van der Waals surface area contributed by atoms with Gasteiger partial charge in [-0.05, 0) is 18.9 Å². The molecule has 0 saturated carbocycles. The Morgan fingerprint density at radius 2 is 2.54 bits per heavy atom. The van der Waals surface area contributed by atoms with E-state index in [1.807, 2.05) is 6.20 Å². The molecule has 0 radical (unpaired) electrons. The lowest BCUT2D eigenvalue weighted by Crippen LogP contribution is -2.27. The van der Waals surface area contributed by atoms with Crippen LogP contribution in [-0.2, 0) is 4.84 Å². The summed E-state index contributed by atoms with van der Waals surface area (Å²) in [7, 11) is 1.62. The summed E-state index contributed by atoms with van der Waals surface area (Å²) >= 11 is 0. The summed E-state index contributed by atoms with van der Waals surface area (Å²) in [5, 5.41) is 0. The van der Waals surface area contributed by atoms with Crippen molar-refractivity contribution in [3.63, 3.8) is 0 Å². The summed E-state index contributed by atoms with van der Waals surface area (Å²) in [5.74, 6) is 0. The lowest BCUT2D eigenvalue weighted by atomic mass is 10.2. The lowest BCUT2D eigenvalue weighted by molar-refractivity contribution is 0.125. The van der Waals surface area contributed by atoms with Crippen molar-refractivity contribution in [3.05, 3.63) is 24.0 Å². The van der Waals surface area contributed by atoms with Crippen LogP contribution in [0.15, 0.2) is 24.0 Å². The molecule has 0 aliphatic carbocycles. The molecule has 0 bridgehead atoms. The van der Waals surface area contributed by atoms with Gasteiger partial charge < -0.3 is 4.90 Å². The number of rotatable bonds is 4. The molecule has 0 spiro atoms. The van der Waals surface area contributed by atoms with Gasteiger partial charge in [0.1, 0.15) is 0 Å². The van der Waals surface area contributed by atoms with E-state index in [9.17, 15) is 0 Å². The molecule has 3 heteroatoms. The average molecular weight is 182 g/mol. The highest BCUT2D eigenvalue weighted by Gasteiger charge is 2.08.